The van der Waals surface area contributed by atoms with Crippen LogP contribution in [0.1, 0.15) is 33.7 Å². The van der Waals surface area contributed by atoms with Gasteiger partial charge in [-0.15, -0.1) is 0 Å². The van der Waals surface area contributed by atoms with Gasteiger partial charge < -0.3 is 4.74 Å². The lowest BCUT2D eigenvalue weighted by atomic mass is 10.2. The van der Waals surface area contributed by atoms with Crippen LogP contribution in [-0.4, -0.2) is 26.0 Å². The van der Waals surface area contributed by atoms with Gasteiger partial charge in [0.15, 0.2) is 0 Å². The lowest BCUT2D eigenvalue weighted by Crippen LogP contribution is -2.37. The van der Waals surface area contributed by atoms with Gasteiger partial charge >= 0.3 is 22.9 Å². The molecule has 1 aromatic heterocycles. The standard InChI is InChI=1S/C11H15N3O6/c1-6(9(16)20-11(2,3)4)13-5-7(14(18)19)8(15)12-10(13)17/h5-6H,1-4H3,(H,12,15,17). The second-order valence-corrected chi connectivity index (χ2v) is 5.15. The van der Waals surface area contributed by atoms with Gasteiger partial charge in [-0.3, -0.25) is 24.5 Å². The number of carbonyl (C=O) groups excluding carboxylic acids is 1. The molecule has 0 amide bonds. The second kappa shape index (κ2) is 5.27. The monoisotopic (exact) mass is 285 g/mol. The number of hydrogen-bond acceptors (Lipinski definition) is 6. The Hall–Kier alpha value is -2.45. The number of ether oxygens (including phenoxy) is 1. The van der Waals surface area contributed by atoms with Crippen LogP contribution in [0.15, 0.2) is 15.8 Å². The highest BCUT2D eigenvalue weighted by Gasteiger charge is 2.26. The van der Waals surface area contributed by atoms with Crippen molar-refractivity contribution in [3.05, 3.63) is 37.1 Å². The van der Waals surface area contributed by atoms with Crippen LogP contribution in [-0.2, 0) is 9.53 Å². The highest BCUT2D eigenvalue weighted by Crippen LogP contribution is 2.14. The van der Waals surface area contributed by atoms with Gasteiger partial charge in [-0.1, -0.05) is 0 Å². The number of aromatic amines is 1. The van der Waals surface area contributed by atoms with E-state index in [9.17, 15) is 24.5 Å². The average Bonchev–Trinajstić information content (AvgIpc) is 2.25. The van der Waals surface area contributed by atoms with Crippen molar-refractivity contribution >= 4 is 11.7 Å². The third kappa shape index (κ3) is 3.53. The summed E-state index contributed by atoms with van der Waals surface area (Å²) in [5.74, 6) is -0.735. The molecule has 0 aromatic carbocycles. The van der Waals surface area contributed by atoms with Crippen LogP contribution in [0.4, 0.5) is 5.69 Å². The summed E-state index contributed by atoms with van der Waals surface area (Å²) in [6, 6.07) is -1.10. The quantitative estimate of drug-likeness (QED) is 0.485. The average molecular weight is 285 g/mol. The SMILES string of the molecule is CC(C(=O)OC(C)(C)C)n1cc([N+](=O)[O-])c(=O)[nH]c1=O. The Morgan fingerprint density at radius 2 is 2.00 bits per heavy atom. The predicted molar refractivity (Wildman–Crippen MR) is 68.5 cm³/mol. The Morgan fingerprint density at radius 3 is 2.45 bits per heavy atom. The molecule has 0 spiro atoms. The van der Waals surface area contributed by atoms with E-state index in [1.807, 2.05) is 0 Å². The fraction of sp³-hybridized carbons (Fsp3) is 0.545. The summed E-state index contributed by atoms with van der Waals surface area (Å²) >= 11 is 0. The minimum absolute atomic E-state index is 0.732. The van der Waals surface area contributed by atoms with Crippen LogP contribution >= 0.6 is 0 Å². The molecule has 110 valence electrons. The number of hydrogen-bond donors (Lipinski definition) is 1. The summed E-state index contributed by atoms with van der Waals surface area (Å²) in [6.45, 7) is 6.29. The van der Waals surface area contributed by atoms with Crippen LogP contribution in [0.25, 0.3) is 0 Å². The van der Waals surface area contributed by atoms with E-state index in [0.717, 1.165) is 10.8 Å². The number of nitrogens with one attached hydrogen (secondary N) is 1. The zero-order valence-corrected chi connectivity index (χ0v) is 11.5. The molecule has 0 saturated heterocycles. The van der Waals surface area contributed by atoms with Crippen LogP contribution in [0.5, 0.6) is 0 Å². The predicted octanol–water partition coefficient (Wildman–Crippen LogP) is 0.347. The molecule has 0 aliphatic heterocycles. The molecule has 9 nitrogen and oxygen atoms in total. The normalized spacial score (nSPS) is 12.8. The Balaban J connectivity index is 3.23. The number of nitro groups is 1. The van der Waals surface area contributed by atoms with Crippen molar-refractivity contribution in [3.63, 3.8) is 0 Å². The van der Waals surface area contributed by atoms with E-state index in [1.165, 1.54) is 6.92 Å². The number of carbonyl (C=O) groups is 1. The molecule has 9 heteroatoms. The van der Waals surface area contributed by atoms with Gasteiger partial charge in [0.05, 0.1) is 11.1 Å². The Kier molecular flexibility index (Phi) is 4.11. The van der Waals surface area contributed by atoms with Crippen molar-refractivity contribution in [1.29, 1.82) is 0 Å². The molecule has 1 unspecified atom stereocenters. The molecule has 0 aliphatic rings. The highest BCUT2D eigenvalue weighted by atomic mass is 16.6. The molecule has 0 saturated carbocycles. The van der Waals surface area contributed by atoms with Crippen molar-refractivity contribution in [2.24, 2.45) is 0 Å². The van der Waals surface area contributed by atoms with Crippen LogP contribution < -0.4 is 11.2 Å². The van der Waals surface area contributed by atoms with Crippen LogP contribution in [0.2, 0.25) is 0 Å². The minimum atomic E-state index is -1.12. The molecule has 1 heterocycles. The van der Waals surface area contributed by atoms with E-state index in [4.69, 9.17) is 4.74 Å². The molecule has 0 fully saturated rings. The van der Waals surface area contributed by atoms with Crippen LogP contribution in [0.3, 0.4) is 0 Å². The first-order valence-electron chi connectivity index (χ1n) is 5.75. The third-order valence-electron chi connectivity index (χ3n) is 2.31. The largest absolute Gasteiger partial charge is 0.458 e. The number of nitrogens with zero attached hydrogens (tertiary/aromatic N) is 2. The number of H-pyrrole nitrogens is 1. The first-order chi connectivity index (χ1) is 9.03. The van der Waals surface area contributed by atoms with E-state index >= 15 is 0 Å². The summed E-state index contributed by atoms with van der Waals surface area (Å²) in [4.78, 5) is 46.2. The highest BCUT2D eigenvalue weighted by molar-refractivity contribution is 5.74. The van der Waals surface area contributed by atoms with E-state index < -0.39 is 39.5 Å². The molecule has 1 atom stereocenters. The Labute approximate surface area is 113 Å². The molecule has 1 N–H and O–H groups in total. The third-order valence-corrected chi connectivity index (χ3v) is 2.31. The van der Waals surface area contributed by atoms with Gasteiger partial charge in [0, 0.05) is 0 Å². The smallest absolute Gasteiger partial charge is 0.350 e. The lowest BCUT2D eigenvalue weighted by molar-refractivity contribution is -0.386. The van der Waals surface area contributed by atoms with Gasteiger partial charge in [0.2, 0.25) is 0 Å². The fourth-order valence-electron chi connectivity index (χ4n) is 1.39. The van der Waals surface area contributed by atoms with Gasteiger partial charge in [0.25, 0.3) is 0 Å². The minimum Gasteiger partial charge on any atom is -0.458 e. The summed E-state index contributed by atoms with van der Waals surface area (Å²) in [5.41, 5.74) is -3.62. The van der Waals surface area contributed by atoms with Crippen molar-refractivity contribution in [2.45, 2.75) is 39.3 Å². The van der Waals surface area contributed by atoms with Gasteiger partial charge in [-0.25, -0.2) is 9.59 Å². The topological polar surface area (TPSA) is 124 Å². The summed E-state index contributed by atoms with van der Waals surface area (Å²) in [5, 5.41) is 10.7. The molecule has 0 radical (unpaired) electrons. The van der Waals surface area contributed by atoms with Gasteiger partial charge in [0.1, 0.15) is 11.6 Å². The molecule has 20 heavy (non-hydrogen) atoms. The first kappa shape index (κ1) is 15.6. The molecule has 0 bridgehead atoms. The fourth-order valence-corrected chi connectivity index (χ4v) is 1.39. The number of esters is 1. The van der Waals surface area contributed by atoms with Crippen molar-refractivity contribution in [3.8, 4) is 0 Å². The Bertz CT molecular complexity index is 651. The maximum absolute atomic E-state index is 11.8. The summed E-state index contributed by atoms with van der Waals surface area (Å²) in [6.07, 6.45) is 0.732. The molecular weight excluding hydrogens is 270 g/mol. The van der Waals surface area contributed by atoms with E-state index in [-0.39, 0.29) is 0 Å². The van der Waals surface area contributed by atoms with E-state index in [2.05, 4.69) is 0 Å². The maximum Gasteiger partial charge on any atom is 0.350 e. The molecule has 1 rings (SSSR count). The van der Waals surface area contributed by atoms with Crippen molar-refractivity contribution in [1.82, 2.24) is 9.55 Å². The van der Waals surface area contributed by atoms with Gasteiger partial charge in [-0.05, 0) is 27.7 Å². The molecule has 1 aromatic rings. The first-order valence-corrected chi connectivity index (χ1v) is 5.75. The summed E-state index contributed by atoms with van der Waals surface area (Å²) < 4.78 is 5.84. The van der Waals surface area contributed by atoms with Crippen molar-refractivity contribution in [2.75, 3.05) is 0 Å². The van der Waals surface area contributed by atoms with E-state index in [1.54, 1.807) is 25.8 Å². The van der Waals surface area contributed by atoms with Gasteiger partial charge in [-0.2, -0.15) is 0 Å². The number of aromatic nitrogens is 2. The maximum atomic E-state index is 11.8. The molecule has 0 aliphatic carbocycles. The van der Waals surface area contributed by atoms with Crippen molar-refractivity contribution < 1.29 is 14.5 Å². The van der Waals surface area contributed by atoms with E-state index in [0.29, 0.717) is 0 Å². The Morgan fingerprint density at radius 1 is 1.45 bits per heavy atom. The lowest BCUT2D eigenvalue weighted by Gasteiger charge is -2.22. The second-order valence-electron chi connectivity index (χ2n) is 5.15. The number of rotatable bonds is 3. The van der Waals surface area contributed by atoms with Crippen LogP contribution in [0, 0.1) is 10.1 Å². The molecular formula is C11H15N3O6. The zero-order chi connectivity index (χ0) is 15.7. The summed E-state index contributed by atoms with van der Waals surface area (Å²) in [7, 11) is 0. The zero-order valence-electron chi connectivity index (χ0n) is 11.5.